The van der Waals surface area contributed by atoms with Crippen LogP contribution in [0.3, 0.4) is 0 Å². The Balaban J connectivity index is 2.02. The third kappa shape index (κ3) is 1.94. The van der Waals surface area contributed by atoms with Gasteiger partial charge in [-0.15, -0.1) is 0 Å². The Kier molecular flexibility index (Phi) is 3.04. The molecule has 92 valence electrons. The van der Waals surface area contributed by atoms with Crippen LogP contribution in [-0.4, -0.2) is 20.2 Å². The van der Waals surface area contributed by atoms with E-state index in [2.05, 4.69) is 17.4 Å². The molecule has 1 saturated heterocycles. The lowest BCUT2D eigenvalue weighted by Crippen LogP contribution is -2.27. The van der Waals surface area contributed by atoms with Gasteiger partial charge in [0.2, 0.25) is 0 Å². The second kappa shape index (κ2) is 4.67. The Morgan fingerprint density at radius 3 is 2.82 bits per heavy atom. The van der Waals surface area contributed by atoms with Crippen LogP contribution in [0.5, 0.6) is 5.75 Å². The van der Waals surface area contributed by atoms with Crippen molar-refractivity contribution in [3.05, 3.63) is 28.8 Å². The highest BCUT2D eigenvalue weighted by Gasteiger charge is 2.26. The topological polar surface area (TPSA) is 30.5 Å². The van der Waals surface area contributed by atoms with Crippen LogP contribution in [0.15, 0.2) is 12.1 Å². The molecular weight excluding hydrogens is 214 g/mol. The van der Waals surface area contributed by atoms with Crippen molar-refractivity contribution in [2.75, 3.05) is 20.2 Å². The number of piperidine rings is 1. The Labute approximate surface area is 102 Å². The van der Waals surface area contributed by atoms with Gasteiger partial charge in [0, 0.05) is 5.56 Å². The summed E-state index contributed by atoms with van der Waals surface area (Å²) in [5.41, 5.74) is 4.14. The molecule has 1 fully saturated rings. The van der Waals surface area contributed by atoms with E-state index in [-0.39, 0.29) is 0 Å². The summed E-state index contributed by atoms with van der Waals surface area (Å²) in [7, 11) is 1.77. The van der Waals surface area contributed by atoms with Gasteiger partial charge in [-0.2, -0.15) is 0 Å². The lowest BCUT2D eigenvalue weighted by molar-refractivity contribution is 0.134. The van der Waals surface area contributed by atoms with Crippen molar-refractivity contribution in [1.29, 1.82) is 0 Å². The van der Waals surface area contributed by atoms with Crippen molar-refractivity contribution in [3.63, 3.8) is 0 Å². The number of hydrogen-bond donors (Lipinski definition) is 1. The van der Waals surface area contributed by atoms with Gasteiger partial charge in [0.05, 0.1) is 20.3 Å². The molecule has 0 radical (unpaired) electrons. The SMILES string of the molecule is COc1ccc2c(c1C1CCNCC1)COC2. The van der Waals surface area contributed by atoms with Gasteiger partial charge < -0.3 is 14.8 Å². The molecule has 0 bridgehead atoms. The van der Waals surface area contributed by atoms with Crippen molar-refractivity contribution in [1.82, 2.24) is 5.32 Å². The minimum atomic E-state index is 0.628. The third-order valence-electron chi connectivity index (χ3n) is 3.89. The van der Waals surface area contributed by atoms with Gasteiger partial charge in [-0.25, -0.2) is 0 Å². The number of nitrogens with one attached hydrogen (secondary N) is 1. The molecule has 0 unspecified atom stereocenters. The monoisotopic (exact) mass is 233 g/mol. The molecular formula is C14H19NO2. The molecule has 1 aromatic rings. The summed E-state index contributed by atoms with van der Waals surface area (Å²) >= 11 is 0. The standard InChI is InChI=1S/C14H19NO2/c1-16-13-3-2-11-8-17-9-12(11)14(13)10-4-6-15-7-5-10/h2-3,10,15H,4-9H2,1H3. The molecule has 0 saturated carbocycles. The first-order valence-corrected chi connectivity index (χ1v) is 6.37. The van der Waals surface area contributed by atoms with E-state index in [1.54, 1.807) is 7.11 Å². The normalized spacial score (nSPS) is 20.3. The number of fused-ring (bicyclic) bond motifs is 1. The molecule has 2 heterocycles. The van der Waals surface area contributed by atoms with E-state index in [1.165, 1.54) is 29.5 Å². The average molecular weight is 233 g/mol. The largest absolute Gasteiger partial charge is 0.496 e. The van der Waals surface area contributed by atoms with Crippen LogP contribution in [-0.2, 0) is 18.0 Å². The summed E-state index contributed by atoms with van der Waals surface area (Å²) in [6.45, 7) is 3.74. The van der Waals surface area contributed by atoms with Gasteiger partial charge in [0.15, 0.2) is 0 Å². The Hall–Kier alpha value is -1.06. The summed E-state index contributed by atoms with van der Waals surface area (Å²) in [5, 5.41) is 3.42. The minimum absolute atomic E-state index is 0.628. The maximum absolute atomic E-state index is 5.57. The van der Waals surface area contributed by atoms with Crippen molar-refractivity contribution >= 4 is 0 Å². The lowest BCUT2D eigenvalue weighted by atomic mass is 9.85. The molecule has 0 aromatic heterocycles. The van der Waals surface area contributed by atoms with Crippen LogP contribution < -0.4 is 10.1 Å². The molecule has 1 aromatic carbocycles. The van der Waals surface area contributed by atoms with Crippen LogP contribution >= 0.6 is 0 Å². The number of benzene rings is 1. The van der Waals surface area contributed by atoms with E-state index in [9.17, 15) is 0 Å². The van der Waals surface area contributed by atoms with Crippen LogP contribution in [0, 0.1) is 0 Å². The molecule has 3 rings (SSSR count). The van der Waals surface area contributed by atoms with E-state index in [1.807, 2.05) is 0 Å². The van der Waals surface area contributed by atoms with Crippen LogP contribution in [0.4, 0.5) is 0 Å². The van der Waals surface area contributed by atoms with Gasteiger partial charge in [-0.3, -0.25) is 0 Å². The molecule has 0 aliphatic carbocycles. The highest BCUT2D eigenvalue weighted by Crippen LogP contribution is 2.39. The fourth-order valence-corrected chi connectivity index (χ4v) is 2.99. The first-order valence-electron chi connectivity index (χ1n) is 6.37. The predicted molar refractivity (Wildman–Crippen MR) is 66.3 cm³/mol. The first kappa shape index (κ1) is 11.1. The van der Waals surface area contributed by atoms with E-state index >= 15 is 0 Å². The van der Waals surface area contributed by atoms with Gasteiger partial charge in [0.25, 0.3) is 0 Å². The molecule has 0 atom stereocenters. The van der Waals surface area contributed by atoms with E-state index in [4.69, 9.17) is 9.47 Å². The van der Waals surface area contributed by atoms with E-state index < -0.39 is 0 Å². The molecule has 3 heteroatoms. The molecule has 1 N–H and O–H groups in total. The zero-order chi connectivity index (χ0) is 11.7. The Morgan fingerprint density at radius 1 is 1.24 bits per heavy atom. The second-order valence-electron chi connectivity index (χ2n) is 4.84. The number of rotatable bonds is 2. The highest BCUT2D eigenvalue weighted by molar-refractivity contribution is 5.48. The van der Waals surface area contributed by atoms with Crippen molar-refractivity contribution < 1.29 is 9.47 Å². The molecule has 17 heavy (non-hydrogen) atoms. The molecule has 2 aliphatic rings. The zero-order valence-electron chi connectivity index (χ0n) is 10.3. The first-order chi connectivity index (χ1) is 8.40. The van der Waals surface area contributed by atoms with Gasteiger partial charge >= 0.3 is 0 Å². The van der Waals surface area contributed by atoms with E-state index in [0.717, 1.165) is 32.1 Å². The molecule has 3 nitrogen and oxygen atoms in total. The maximum atomic E-state index is 5.57. The summed E-state index contributed by atoms with van der Waals surface area (Å²) in [6.07, 6.45) is 2.40. The van der Waals surface area contributed by atoms with Gasteiger partial charge in [-0.1, -0.05) is 6.07 Å². The summed E-state index contributed by atoms with van der Waals surface area (Å²) in [6, 6.07) is 4.25. The van der Waals surface area contributed by atoms with Crippen LogP contribution in [0.2, 0.25) is 0 Å². The summed E-state index contributed by atoms with van der Waals surface area (Å²) < 4.78 is 11.1. The average Bonchev–Trinajstić information content (AvgIpc) is 2.86. The predicted octanol–water partition coefficient (Wildman–Crippen LogP) is 2.19. The van der Waals surface area contributed by atoms with E-state index in [0.29, 0.717) is 5.92 Å². The maximum Gasteiger partial charge on any atom is 0.122 e. The number of hydrogen-bond acceptors (Lipinski definition) is 3. The summed E-state index contributed by atoms with van der Waals surface area (Å²) in [4.78, 5) is 0. The minimum Gasteiger partial charge on any atom is -0.496 e. The molecule has 2 aliphatic heterocycles. The Morgan fingerprint density at radius 2 is 2.06 bits per heavy atom. The fourth-order valence-electron chi connectivity index (χ4n) is 2.99. The van der Waals surface area contributed by atoms with Crippen molar-refractivity contribution in [3.8, 4) is 5.75 Å². The van der Waals surface area contributed by atoms with Crippen molar-refractivity contribution in [2.24, 2.45) is 0 Å². The zero-order valence-corrected chi connectivity index (χ0v) is 10.3. The smallest absolute Gasteiger partial charge is 0.122 e. The van der Waals surface area contributed by atoms with Gasteiger partial charge in [0.1, 0.15) is 5.75 Å². The second-order valence-corrected chi connectivity index (χ2v) is 4.84. The van der Waals surface area contributed by atoms with Crippen LogP contribution in [0.25, 0.3) is 0 Å². The fraction of sp³-hybridized carbons (Fsp3) is 0.571. The highest BCUT2D eigenvalue weighted by atomic mass is 16.5. The number of ether oxygens (including phenoxy) is 2. The van der Waals surface area contributed by atoms with Gasteiger partial charge in [-0.05, 0) is 49.0 Å². The quantitative estimate of drug-likeness (QED) is 0.849. The number of methoxy groups -OCH3 is 1. The molecule has 0 spiro atoms. The van der Waals surface area contributed by atoms with Crippen molar-refractivity contribution in [2.45, 2.75) is 32.0 Å². The summed E-state index contributed by atoms with van der Waals surface area (Å²) in [5.74, 6) is 1.67. The van der Waals surface area contributed by atoms with Crippen LogP contribution in [0.1, 0.15) is 35.4 Å². The Bertz CT molecular complexity index is 411. The third-order valence-corrected chi connectivity index (χ3v) is 3.89. The molecule has 0 amide bonds. The lowest BCUT2D eigenvalue weighted by Gasteiger charge is -2.26.